The zero-order valence-electron chi connectivity index (χ0n) is 8.16. The van der Waals surface area contributed by atoms with Gasteiger partial charge in [-0.3, -0.25) is 0 Å². The highest BCUT2D eigenvalue weighted by Gasteiger charge is 2.21. The fourth-order valence-electron chi connectivity index (χ4n) is 1.22. The van der Waals surface area contributed by atoms with Gasteiger partial charge < -0.3 is 15.8 Å². The first kappa shape index (κ1) is 9.21. The van der Waals surface area contributed by atoms with Crippen LogP contribution in [0.2, 0.25) is 0 Å². The molecule has 1 aliphatic carbocycles. The van der Waals surface area contributed by atoms with Gasteiger partial charge in [-0.05, 0) is 12.8 Å². The van der Waals surface area contributed by atoms with Gasteiger partial charge in [0.05, 0.1) is 0 Å². The first-order valence-electron chi connectivity index (χ1n) is 4.67. The van der Waals surface area contributed by atoms with E-state index in [1.54, 1.807) is 13.2 Å². The molecule has 5 nitrogen and oxygen atoms in total. The Kier molecular flexibility index (Phi) is 2.49. The Morgan fingerprint density at radius 2 is 2.36 bits per heavy atom. The molecule has 3 N–H and O–H groups in total. The van der Waals surface area contributed by atoms with Crippen LogP contribution >= 0.6 is 0 Å². The summed E-state index contributed by atoms with van der Waals surface area (Å²) in [5, 5.41) is 3.27. The summed E-state index contributed by atoms with van der Waals surface area (Å²) in [5.41, 5.74) is 5.64. The minimum absolute atomic E-state index is 0.393. The minimum Gasteiger partial charge on any atom is -0.384 e. The van der Waals surface area contributed by atoms with Crippen LogP contribution in [-0.2, 0) is 11.3 Å². The van der Waals surface area contributed by atoms with Crippen molar-refractivity contribution in [1.82, 2.24) is 9.97 Å². The van der Waals surface area contributed by atoms with Crippen molar-refractivity contribution in [3.8, 4) is 0 Å². The van der Waals surface area contributed by atoms with E-state index in [4.69, 9.17) is 10.5 Å². The third kappa shape index (κ3) is 2.32. The molecule has 1 aliphatic rings. The fraction of sp³-hybridized carbons (Fsp3) is 0.556. The number of methoxy groups -OCH3 is 1. The third-order valence-electron chi connectivity index (χ3n) is 2.00. The Balaban J connectivity index is 2.12. The molecule has 1 aromatic rings. The summed E-state index contributed by atoms with van der Waals surface area (Å²) < 4.78 is 4.95. The summed E-state index contributed by atoms with van der Waals surface area (Å²) in [6.07, 6.45) is 2.42. The smallest absolute Gasteiger partial charge is 0.158 e. The van der Waals surface area contributed by atoms with E-state index in [9.17, 15) is 0 Å². The molecule has 0 aromatic carbocycles. The highest BCUT2D eigenvalue weighted by Crippen LogP contribution is 2.24. The molecule has 0 unspecified atom stereocenters. The molecule has 0 saturated heterocycles. The van der Waals surface area contributed by atoms with Crippen molar-refractivity contribution in [2.45, 2.75) is 25.5 Å². The monoisotopic (exact) mass is 194 g/mol. The van der Waals surface area contributed by atoms with Crippen LogP contribution in [0.3, 0.4) is 0 Å². The minimum atomic E-state index is 0.393. The van der Waals surface area contributed by atoms with E-state index in [0.717, 1.165) is 5.82 Å². The Bertz CT molecular complexity index is 325. The van der Waals surface area contributed by atoms with Gasteiger partial charge in [-0.15, -0.1) is 0 Å². The average Bonchev–Trinajstić information content (AvgIpc) is 2.87. The maximum atomic E-state index is 5.64. The van der Waals surface area contributed by atoms with Crippen LogP contribution in [0.1, 0.15) is 18.7 Å². The van der Waals surface area contributed by atoms with Crippen molar-refractivity contribution in [3.63, 3.8) is 0 Å². The van der Waals surface area contributed by atoms with Crippen LogP contribution in [0.4, 0.5) is 11.6 Å². The Morgan fingerprint density at radius 3 is 3.00 bits per heavy atom. The SMILES string of the molecule is COCc1nc(N)cc(NC2CC2)n1. The zero-order valence-corrected chi connectivity index (χ0v) is 8.16. The number of nitrogen functional groups attached to an aromatic ring is 1. The van der Waals surface area contributed by atoms with E-state index in [2.05, 4.69) is 15.3 Å². The molecule has 2 rings (SSSR count). The molecule has 1 heterocycles. The molecule has 0 bridgehead atoms. The molecule has 5 heteroatoms. The molecular formula is C9H14N4O. The number of hydrogen-bond acceptors (Lipinski definition) is 5. The molecule has 0 spiro atoms. The second kappa shape index (κ2) is 3.79. The number of anilines is 2. The maximum absolute atomic E-state index is 5.64. The van der Waals surface area contributed by atoms with Gasteiger partial charge >= 0.3 is 0 Å². The lowest BCUT2D eigenvalue weighted by Gasteiger charge is -2.06. The molecule has 0 amide bonds. The van der Waals surface area contributed by atoms with Crippen LogP contribution in [0, 0.1) is 0 Å². The van der Waals surface area contributed by atoms with Gasteiger partial charge in [0, 0.05) is 19.2 Å². The first-order valence-corrected chi connectivity index (χ1v) is 4.67. The van der Waals surface area contributed by atoms with Crippen molar-refractivity contribution >= 4 is 11.6 Å². The highest BCUT2D eigenvalue weighted by molar-refractivity contribution is 5.45. The summed E-state index contributed by atoms with van der Waals surface area (Å²) in [5.74, 6) is 1.90. The largest absolute Gasteiger partial charge is 0.384 e. The predicted molar refractivity (Wildman–Crippen MR) is 53.8 cm³/mol. The summed E-state index contributed by atoms with van der Waals surface area (Å²) in [4.78, 5) is 8.33. The lowest BCUT2D eigenvalue weighted by molar-refractivity contribution is 0.178. The van der Waals surface area contributed by atoms with E-state index in [1.807, 2.05) is 0 Å². The zero-order chi connectivity index (χ0) is 9.97. The topological polar surface area (TPSA) is 73.1 Å². The van der Waals surface area contributed by atoms with Crippen LogP contribution in [0.5, 0.6) is 0 Å². The van der Waals surface area contributed by atoms with Crippen molar-refractivity contribution in [2.75, 3.05) is 18.2 Å². The van der Waals surface area contributed by atoms with E-state index in [-0.39, 0.29) is 0 Å². The molecule has 14 heavy (non-hydrogen) atoms. The standard InChI is InChI=1S/C9H14N4O/c1-14-5-9-12-7(10)4-8(13-9)11-6-2-3-6/h4,6H,2-3,5H2,1H3,(H3,10,11,12,13). The highest BCUT2D eigenvalue weighted by atomic mass is 16.5. The van der Waals surface area contributed by atoms with Crippen molar-refractivity contribution in [1.29, 1.82) is 0 Å². The van der Waals surface area contributed by atoms with Gasteiger partial charge in [0.15, 0.2) is 5.82 Å². The normalized spacial score (nSPS) is 15.5. The molecule has 0 radical (unpaired) electrons. The lowest BCUT2D eigenvalue weighted by Crippen LogP contribution is -2.08. The number of rotatable bonds is 4. The van der Waals surface area contributed by atoms with E-state index >= 15 is 0 Å². The molecule has 1 saturated carbocycles. The summed E-state index contributed by atoms with van der Waals surface area (Å²) in [7, 11) is 1.61. The summed E-state index contributed by atoms with van der Waals surface area (Å²) in [6, 6.07) is 2.32. The first-order chi connectivity index (χ1) is 6.78. The van der Waals surface area contributed by atoms with Crippen LogP contribution in [0.25, 0.3) is 0 Å². The number of nitrogens with zero attached hydrogens (tertiary/aromatic N) is 2. The van der Waals surface area contributed by atoms with Gasteiger partial charge in [0.25, 0.3) is 0 Å². The number of nitrogens with one attached hydrogen (secondary N) is 1. The Hall–Kier alpha value is -1.36. The fourth-order valence-corrected chi connectivity index (χ4v) is 1.22. The second-order valence-electron chi connectivity index (χ2n) is 3.45. The average molecular weight is 194 g/mol. The van der Waals surface area contributed by atoms with E-state index in [1.165, 1.54) is 12.8 Å². The number of nitrogens with two attached hydrogens (primary N) is 1. The van der Waals surface area contributed by atoms with Crippen LogP contribution in [0.15, 0.2) is 6.07 Å². The van der Waals surface area contributed by atoms with Gasteiger partial charge in [0.1, 0.15) is 18.2 Å². The van der Waals surface area contributed by atoms with Gasteiger partial charge in [-0.1, -0.05) is 0 Å². The maximum Gasteiger partial charge on any atom is 0.158 e. The molecular weight excluding hydrogens is 180 g/mol. The molecule has 1 fully saturated rings. The predicted octanol–water partition coefficient (Wildman–Crippen LogP) is 0.780. The number of ether oxygens (including phenoxy) is 1. The van der Waals surface area contributed by atoms with Crippen molar-refractivity contribution in [2.24, 2.45) is 0 Å². The molecule has 1 aromatic heterocycles. The number of hydrogen-bond donors (Lipinski definition) is 2. The van der Waals surface area contributed by atoms with Crippen molar-refractivity contribution < 1.29 is 4.74 Å². The van der Waals surface area contributed by atoms with Gasteiger partial charge in [-0.25, -0.2) is 9.97 Å². The summed E-state index contributed by atoms with van der Waals surface area (Å²) in [6.45, 7) is 0.393. The third-order valence-corrected chi connectivity index (χ3v) is 2.00. The summed E-state index contributed by atoms with van der Waals surface area (Å²) >= 11 is 0. The lowest BCUT2D eigenvalue weighted by atomic mass is 10.4. The Labute approximate surface area is 82.7 Å². The molecule has 0 atom stereocenters. The van der Waals surface area contributed by atoms with Crippen molar-refractivity contribution in [3.05, 3.63) is 11.9 Å². The van der Waals surface area contributed by atoms with E-state index < -0.39 is 0 Å². The number of aromatic nitrogens is 2. The van der Waals surface area contributed by atoms with E-state index in [0.29, 0.717) is 24.3 Å². The molecule has 76 valence electrons. The van der Waals surface area contributed by atoms with Gasteiger partial charge in [0.2, 0.25) is 0 Å². The Morgan fingerprint density at radius 1 is 1.57 bits per heavy atom. The van der Waals surface area contributed by atoms with Crippen LogP contribution < -0.4 is 11.1 Å². The van der Waals surface area contributed by atoms with Crippen LogP contribution in [-0.4, -0.2) is 23.1 Å². The van der Waals surface area contributed by atoms with Gasteiger partial charge in [-0.2, -0.15) is 0 Å². The molecule has 0 aliphatic heterocycles. The second-order valence-corrected chi connectivity index (χ2v) is 3.45. The quantitative estimate of drug-likeness (QED) is 0.741.